The van der Waals surface area contributed by atoms with Gasteiger partial charge in [-0.15, -0.1) is 0 Å². The van der Waals surface area contributed by atoms with Crippen LogP contribution in [0, 0.1) is 5.92 Å². The monoisotopic (exact) mass is 733 g/mol. The van der Waals surface area contributed by atoms with Crippen molar-refractivity contribution in [1.82, 2.24) is 4.90 Å². The summed E-state index contributed by atoms with van der Waals surface area (Å²) in [4.78, 5) is 31.0. The van der Waals surface area contributed by atoms with E-state index in [9.17, 15) is 19.8 Å². The Hall–Kier alpha value is -4.64. The van der Waals surface area contributed by atoms with E-state index in [1.54, 1.807) is 51.5 Å². The van der Waals surface area contributed by atoms with Crippen LogP contribution in [-0.4, -0.2) is 81.2 Å². The molecule has 0 spiro atoms. The lowest BCUT2D eigenvalue weighted by Crippen LogP contribution is -2.51. The van der Waals surface area contributed by atoms with Gasteiger partial charge in [-0.1, -0.05) is 37.5 Å². The number of amides is 1. The Morgan fingerprint density at radius 3 is 2.15 bits per heavy atom. The van der Waals surface area contributed by atoms with E-state index in [-0.39, 0.29) is 30.8 Å². The highest BCUT2D eigenvalue weighted by Gasteiger charge is 2.41. The maximum absolute atomic E-state index is 15.0. The molecule has 11 heteroatoms. The Bertz CT molecular complexity index is 1630. The average molecular weight is 734 g/mol. The lowest BCUT2D eigenvalue weighted by molar-refractivity contribution is -0.163. The normalized spacial score (nSPS) is 17.4. The van der Waals surface area contributed by atoms with Crippen LogP contribution >= 0.6 is 0 Å². The summed E-state index contributed by atoms with van der Waals surface area (Å²) in [7, 11) is 6.29. The first kappa shape index (κ1) is 39.6. The lowest BCUT2D eigenvalue weighted by atomic mass is 9.75. The quantitative estimate of drug-likeness (QED) is 0.109. The molecule has 2 fully saturated rings. The van der Waals surface area contributed by atoms with Crippen LogP contribution in [0.1, 0.15) is 92.9 Å². The Labute approximate surface area is 313 Å². The number of ether oxygens (including phenoxy) is 6. The Morgan fingerprint density at radius 1 is 0.792 bits per heavy atom. The number of aromatic hydroxyl groups is 1. The molecular formula is C42H55NO10. The number of aliphatic hydroxyl groups excluding tert-OH is 1. The molecule has 1 saturated heterocycles. The first-order chi connectivity index (χ1) is 25.8. The zero-order valence-electron chi connectivity index (χ0n) is 31.5. The highest BCUT2D eigenvalue weighted by Crippen LogP contribution is 2.45. The number of carbonyl (C=O) groups excluding carboxylic acids is 2. The molecule has 3 aromatic rings. The molecule has 1 saturated carbocycles. The molecule has 11 nitrogen and oxygen atoms in total. The summed E-state index contributed by atoms with van der Waals surface area (Å²) in [6.07, 6.45) is 7.85. The van der Waals surface area contributed by atoms with Crippen molar-refractivity contribution in [2.75, 3.05) is 48.2 Å². The molecule has 3 atom stereocenters. The van der Waals surface area contributed by atoms with Crippen molar-refractivity contribution in [2.45, 2.75) is 88.7 Å². The smallest absolute Gasteiger partial charge is 0.329 e. The third-order valence-electron chi connectivity index (χ3n) is 10.5. The maximum atomic E-state index is 15.0. The predicted molar refractivity (Wildman–Crippen MR) is 200 cm³/mol. The van der Waals surface area contributed by atoms with Crippen LogP contribution in [0.2, 0.25) is 0 Å². The van der Waals surface area contributed by atoms with Gasteiger partial charge in [0.15, 0.2) is 23.0 Å². The number of piperidine rings is 1. The van der Waals surface area contributed by atoms with Crippen LogP contribution in [0.4, 0.5) is 0 Å². The molecule has 5 rings (SSSR count). The van der Waals surface area contributed by atoms with E-state index >= 15 is 0 Å². The fourth-order valence-corrected chi connectivity index (χ4v) is 7.74. The molecular weight excluding hydrogens is 678 g/mol. The molecule has 0 aromatic heterocycles. The molecule has 1 aliphatic carbocycles. The SMILES string of the molecule is COc1ccc(CCC(OC(=O)[C@H]2CCCCN2C(=O)C(c2cc(OC)c(OCCCO)c(OC)c2)C2CCCCC2)c2cccc(O)c2)cc1OC. The van der Waals surface area contributed by atoms with Gasteiger partial charge < -0.3 is 43.5 Å². The molecule has 1 heterocycles. The molecule has 0 bridgehead atoms. The van der Waals surface area contributed by atoms with Crippen LogP contribution in [0.5, 0.6) is 34.5 Å². The zero-order chi connectivity index (χ0) is 37.7. The minimum Gasteiger partial charge on any atom is -0.508 e. The predicted octanol–water partition coefficient (Wildman–Crippen LogP) is 7.15. The van der Waals surface area contributed by atoms with Crippen LogP contribution in [0.15, 0.2) is 54.6 Å². The number of carbonyl (C=O) groups is 2. The largest absolute Gasteiger partial charge is 0.508 e. The summed E-state index contributed by atoms with van der Waals surface area (Å²) < 4.78 is 34.7. The number of esters is 1. The number of hydrogen-bond donors (Lipinski definition) is 2. The molecule has 1 amide bonds. The number of benzene rings is 3. The highest BCUT2D eigenvalue weighted by atomic mass is 16.5. The van der Waals surface area contributed by atoms with Gasteiger partial charge in [-0.25, -0.2) is 4.79 Å². The number of nitrogens with zero attached hydrogens (tertiary/aromatic N) is 1. The van der Waals surface area contributed by atoms with Crippen molar-refractivity contribution in [2.24, 2.45) is 5.92 Å². The van der Waals surface area contributed by atoms with Gasteiger partial charge in [0.25, 0.3) is 0 Å². The van der Waals surface area contributed by atoms with Crippen LogP contribution in [0.25, 0.3) is 0 Å². The molecule has 0 radical (unpaired) electrons. The van der Waals surface area contributed by atoms with Crippen molar-refractivity contribution in [3.8, 4) is 34.5 Å². The lowest BCUT2D eigenvalue weighted by Gasteiger charge is -2.40. The molecule has 3 aromatic carbocycles. The molecule has 2 aliphatic rings. The van der Waals surface area contributed by atoms with Gasteiger partial charge in [-0.2, -0.15) is 0 Å². The van der Waals surface area contributed by atoms with Gasteiger partial charge in [0.1, 0.15) is 17.9 Å². The summed E-state index contributed by atoms with van der Waals surface area (Å²) in [5.74, 6) is 1.63. The Morgan fingerprint density at radius 2 is 1.49 bits per heavy atom. The summed E-state index contributed by atoms with van der Waals surface area (Å²) in [5.41, 5.74) is 2.41. The number of aryl methyl sites for hydroxylation is 1. The van der Waals surface area contributed by atoms with Gasteiger partial charge >= 0.3 is 5.97 Å². The first-order valence-corrected chi connectivity index (χ1v) is 18.8. The number of phenolic OH excluding ortho intramolecular Hbond substituents is 1. The Kier molecular flexibility index (Phi) is 14.5. The van der Waals surface area contributed by atoms with Gasteiger partial charge in [-0.05, 0) is 104 Å². The second kappa shape index (κ2) is 19.4. The van der Waals surface area contributed by atoms with E-state index in [0.29, 0.717) is 66.5 Å². The van der Waals surface area contributed by atoms with Crippen LogP contribution < -0.4 is 23.7 Å². The summed E-state index contributed by atoms with van der Waals surface area (Å²) >= 11 is 0. The first-order valence-electron chi connectivity index (χ1n) is 18.8. The molecule has 53 heavy (non-hydrogen) atoms. The van der Waals surface area contributed by atoms with Gasteiger partial charge in [0.05, 0.1) is 41.0 Å². The summed E-state index contributed by atoms with van der Waals surface area (Å²) in [5, 5.41) is 19.6. The van der Waals surface area contributed by atoms with Crippen molar-refractivity contribution in [3.05, 3.63) is 71.3 Å². The number of rotatable bonds is 17. The van der Waals surface area contributed by atoms with Crippen LogP contribution in [0.3, 0.4) is 0 Å². The van der Waals surface area contributed by atoms with Crippen molar-refractivity contribution in [1.29, 1.82) is 0 Å². The number of likely N-dealkylation sites (tertiary alicyclic amines) is 1. The van der Waals surface area contributed by atoms with E-state index in [0.717, 1.165) is 56.1 Å². The minimum atomic E-state index is -0.756. The average Bonchev–Trinajstić information content (AvgIpc) is 3.19. The molecule has 1 aliphatic heterocycles. The van der Waals surface area contributed by atoms with Crippen molar-refractivity contribution < 1.29 is 48.2 Å². The zero-order valence-corrected chi connectivity index (χ0v) is 31.5. The number of methoxy groups -OCH3 is 4. The van der Waals surface area contributed by atoms with Gasteiger partial charge in [0.2, 0.25) is 11.7 Å². The van der Waals surface area contributed by atoms with Crippen molar-refractivity contribution >= 4 is 11.9 Å². The highest BCUT2D eigenvalue weighted by molar-refractivity contribution is 5.89. The molecule has 2 unspecified atom stereocenters. The van der Waals surface area contributed by atoms with Crippen molar-refractivity contribution in [3.63, 3.8) is 0 Å². The second-order valence-corrected chi connectivity index (χ2v) is 13.8. The van der Waals surface area contributed by atoms with E-state index in [2.05, 4.69) is 0 Å². The maximum Gasteiger partial charge on any atom is 0.329 e. The van der Waals surface area contributed by atoms with Crippen LogP contribution in [-0.2, 0) is 20.7 Å². The summed E-state index contributed by atoms with van der Waals surface area (Å²) in [6, 6.07) is 15.4. The third kappa shape index (κ3) is 9.87. The van der Waals surface area contributed by atoms with E-state index < -0.39 is 24.0 Å². The third-order valence-corrected chi connectivity index (χ3v) is 10.5. The van der Waals surface area contributed by atoms with E-state index in [1.807, 2.05) is 36.4 Å². The van der Waals surface area contributed by atoms with E-state index in [4.69, 9.17) is 28.4 Å². The number of hydrogen-bond acceptors (Lipinski definition) is 10. The fraction of sp³-hybridized carbons (Fsp3) is 0.524. The molecule has 2 N–H and O–H groups in total. The minimum absolute atomic E-state index is 0.00707. The number of phenols is 1. The van der Waals surface area contributed by atoms with E-state index in [1.165, 1.54) is 0 Å². The summed E-state index contributed by atoms with van der Waals surface area (Å²) in [6.45, 7) is 0.719. The Balaban J connectivity index is 1.43. The standard InChI is InChI=1S/C42H55NO10/c1-48-35-20-18-28(24-36(35)49-2)17-19-34(30-14-10-15-32(45)25-30)53-42(47)33-16-8-9-21-43(33)41(46)39(29-12-6-5-7-13-29)31-26-37(50-3)40(38(27-31)51-4)52-23-11-22-44/h10,14-15,18,20,24-27,29,33-34,39,44-45H,5-9,11-13,16-17,19,21-23H2,1-4H3/t33-,34?,39?/m1/s1. The second-order valence-electron chi connectivity index (χ2n) is 13.8. The van der Waals surface area contributed by atoms with Gasteiger partial charge in [-0.3, -0.25) is 4.79 Å². The van der Waals surface area contributed by atoms with Gasteiger partial charge in [0, 0.05) is 19.6 Å². The molecule has 288 valence electrons. The topological polar surface area (TPSA) is 133 Å². The fourth-order valence-electron chi connectivity index (χ4n) is 7.74. The number of aliphatic hydroxyl groups is 1.